The maximum atomic E-state index is 13.1. The zero-order chi connectivity index (χ0) is 12.6. The topological polar surface area (TPSA) is 12.0 Å². The van der Waals surface area contributed by atoms with Crippen molar-refractivity contribution in [2.45, 2.75) is 51.0 Å². The van der Waals surface area contributed by atoms with Gasteiger partial charge in [0, 0.05) is 11.7 Å². The van der Waals surface area contributed by atoms with Gasteiger partial charge < -0.3 is 5.32 Å². The van der Waals surface area contributed by atoms with Crippen LogP contribution in [0.1, 0.15) is 44.9 Å². The van der Waals surface area contributed by atoms with E-state index in [0.29, 0.717) is 11.5 Å². The summed E-state index contributed by atoms with van der Waals surface area (Å²) in [5.41, 5.74) is 1.47. The number of benzene rings is 1. The summed E-state index contributed by atoms with van der Waals surface area (Å²) in [6.07, 6.45) is 9.38. The van der Waals surface area contributed by atoms with Crippen molar-refractivity contribution in [1.82, 2.24) is 0 Å². The summed E-state index contributed by atoms with van der Waals surface area (Å²) in [6, 6.07) is 5.48. The molecule has 0 heterocycles. The predicted molar refractivity (Wildman–Crippen MR) is 73.6 cm³/mol. The van der Waals surface area contributed by atoms with Gasteiger partial charge in [-0.1, -0.05) is 30.9 Å². The van der Waals surface area contributed by atoms with Crippen LogP contribution in [-0.4, -0.2) is 6.04 Å². The fourth-order valence-electron chi connectivity index (χ4n) is 3.56. The van der Waals surface area contributed by atoms with Crippen LogP contribution < -0.4 is 5.32 Å². The zero-order valence-corrected chi connectivity index (χ0v) is 11.3. The molecule has 1 atom stereocenters. The lowest BCUT2D eigenvalue weighted by molar-refractivity contribution is 0.0571. The van der Waals surface area contributed by atoms with Gasteiger partial charge in [0.2, 0.25) is 0 Å². The van der Waals surface area contributed by atoms with E-state index in [4.69, 9.17) is 11.6 Å². The molecule has 2 fully saturated rings. The Bertz CT molecular complexity index is 440. The smallest absolute Gasteiger partial charge is 0.141 e. The largest absolute Gasteiger partial charge is 0.382 e. The Morgan fingerprint density at radius 3 is 2.56 bits per heavy atom. The molecule has 1 nitrogen and oxygen atoms in total. The number of hydrogen-bond acceptors (Lipinski definition) is 1. The first-order valence-corrected chi connectivity index (χ1v) is 7.29. The second kappa shape index (κ2) is 4.73. The summed E-state index contributed by atoms with van der Waals surface area (Å²) in [5, 5.41) is 3.76. The molecule has 0 aromatic heterocycles. The highest BCUT2D eigenvalue weighted by molar-refractivity contribution is 6.31. The van der Waals surface area contributed by atoms with Gasteiger partial charge in [-0.15, -0.1) is 0 Å². The Labute approximate surface area is 113 Å². The van der Waals surface area contributed by atoms with E-state index in [1.807, 2.05) is 0 Å². The highest BCUT2D eigenvalue weighted by Gasteiger charge is 2.46. The van der Waals surface area contributed by atoms with E-state index in [2.05, 4.69) is 5.32 Å². The molecule has 1 unspecified atom stereocenters. The van der Waals surface area contributed by atoms with Crippen molar-refractivity contribution >= 4 is 17.3 Å². The molecule has 0 bridgehead atoms. The molecule has 2 aliphatic rings. The lowest BCUT2D eigenvalue weighted by atomic mass is 9.57. The fourth-order valence-corrected chi connectivity index (χ4v) is 3.74. The molecule has 98 valence electrons. The van der Waals surface area contributed by atoms with Crippen LogP contribution in [0.2, 0.25) is 5.02 Å². The molecule has 3 heteroatoms. The summed E-state index contributed by atoms with van der Waals surface area (Å²) in [7, 11) is 0. The van der Waals surface area contributed by atoms with Gasteiger partial charge in [0.05, 0.1) is 5.02 Å². The van der Waals surface area contributed by atoms with Gasteiger partial charge in [0.15, 0.2) is 0 Å². The maximum absolute atomic E-state index is 13.1. The third kappa shape index (κ3) is 2.11. The summed E-state index contributed by atoms with van der Waals surface area (Å²) >= 11 is 5.82. The van der Waals surface area contributed by atoms with Gasteiger partial charge in [-0.2, -0.15) is 0 Å². The molecular weight excluding hydrogens is 249 g/mol. The van der Waals surface area contributed by atoms with Crippen molar-refractivity contribution in [2.24, 2.45) is 5.41 Å². The van der Waals surface area contributed by atoms with Crippen LogP contribution in [0.25, 0.3) is 0 Å². The third-order valence-corrected chi connectivity index (χ3v) is 5.07. The van der Waals surface area contributed by atoms with E-state index in [9.17, 15) is 4.39 Å². The van der Waals surface area contributed by atoms with Crippen LogP contribution in [0.5, 0.6) is 0 Å². The Kier molecular flexibility index (Phi) is 3.23. The van der Waals surface area contributed by atoms with Crippen LogP contribution in [0, 0.1) is 11.2 Å². The zero-order valence-electron chi connectivity index (χ0n) is 10.5. The Morgan fingerprint density at radius 1 is 1.17 bits per heavy atom. The van der Waals surface area contributed by atoms with E-state index < -0.39 is 0 Å². The van der Waals surface area contributed by atoms with E-state index in [-0.39, 0.29) is 10.8 Å². The maximum Gasteiger partial charge on any atom is 0.141 e. The molecular formula is C15H19ClFN. The number of nitrogens with one attached hydrogen (secondary N) is 1. The molecule has 1 N–H and O–H groups in total. The van der Waals surface area contributed by atoms with Crippen LogP contribution in [0.3, 0.4) is 0 Å². The molecule has 1 aromatic rings. The standard InChI is InChI=1S/C15H19ClFN/c16-12-10-11(4-5-13(12)17)18-14-6-9-15(14)7-2-1-3-8-15/h4-5,10,14,18H,1-3,6-9H2. The molecule has 1 spiro atoms. The lowest BCUT2D eigenvalue weighted by Gasteiger charge is -2.52. The summed E-state index contributed by atoms with van der Waals surface area (Å²) in [5.74, 6) is -0.344. The van der Waals surface area contributed by atoms with Gasteiger partial charge in [-0.3, -0.25) is 0 Å². The molecule has 0 saturated heterocycles. The van der Waals surface area contributed by atoms with Crippen molar-refractivity contribution in [3.05, 3.63) is 29.0 Å². The Hall–Kier alpha value is -0.760. The average Bonchev–Trinajstić information content (AvgIpc) is 2.40. The first-order chi connectivity index (χ1) is 8.70. The van der Waals surface area contributed by atoms with Gasteiger partial charge in [-0.25, -0.2) is 4.39 Å². The molecule has 0 radical (unpaired) electrons. The van der Waals surface area contributed by atoms with Gasteiger partial charge in [-0.05, 0) is 49.3 Å². The van der Waals surface area contributed by atoms with E-state index in [0.717, 1.165) is 5.69 Å². The number of rotatable bonds is 2. The molecule has 3 rings (SSSR count). The van der Waals surface area contributed by atoms with Crippen molar-refractivity contribution in [2.75, 3.05) is 5.32 Å². The van der Waals surface area contributed by atoms with Crippen molar-refractivity contribution in [3.63, 3.8) is 0 Å². The van der Waals surface area contributed by atoms with Crippen molar-refractivity contribution < 1.29 is 4.39 Å². The lowest BCUT2D eigenvalue weighted by Crippen LogP contribution is -2.50. The summed E-state index contributed by atoms with van der Waals surface area (Å²) in [4.78, 5) is 0. The molecule has 2 saturated carbocycles. The number of anilines is 1. The van der Waals surface area contributed by atoms with Crippen LogP contribution in [-0.2, 0) is 0 Å². The molecule has 2 aliphatic carbocycles. The highest BCUT2D eigenvalue weighted by atomic mass is 35.5. The average molecular weight is 268 g/mol. The van der Waals surface area contributed by atoms with Crippen LogP contribution in [0.4, 0.5) is 10.1 Å². The highest BCUT2D eigenvalue weighted by Crippen LogP contribution is 2.52. The van der Waals surface area contributed by atoms with Gasteiger partial charge in [0.25, 0.3) is 0 Å². The predicted octanol–water partition coefficient (Wildman–Crippen LogP) is 5.00. The number of hydrogen-bond donors (Lipinski definition) is 1. The minimum atomic E-state index is -0.344. The van der Waals surface area contributed by atoms with E-state index in [1.165, 1.54) is 51.0 Å². The monoisotopic (exact) mass is 267 g/mol. The Morgan fingerprint density at radius 2 is 1.94 bits per heavy atom. The number of halogens is 2. The minimum Gasteiger partial charge on any atom is -0.382 e. The summed E-state index contributed by atoms with van der Waals surface area (Å²) < 4.78 is 13.1. The SMILES string of the molecule is Fc1ccc(NC2CCC23CCCCC3)cc1Cl. The van der Waals surface area contributed by atoms with Gasteiger partial charge >= 0.3 is 0 Å². The normalized spacial score (nSPS) is 25.8. The van der Waals surface area contributed by atoms with E-state index in [1.54, 1.807) is 12.1 Å². The van der Waals surface area contributed by atoms with Crippen molar-refractivity contribution in [3.8, 4) is 0 Å². The molecule has 0 aliphatic heterocycles. The second-order valence-corrected chi connectivity index (χ2v) is 6.19. The summed E-state index contributed by atoms with van der Waals surface area (Å²) in [6.45, 7) is 0. The first-order valence-electron chi connectivity index (χ1n) is 6.91. The first kappa shape index (κ1) is 12.3. The Balaban J connectivity index is 1.70. The van der Waals surface area contributed by atoms with Crippen molar-refractivity contribution in [1.29, 1.82) is 0 Å². The van der Waals surface area contributed by atoms with E-state index >= 15 is 0 Å². The minimum absolute atomic E-state index is 0.206. The van der Waals surface area contributed by atoms with Crippen LogP contribution >= 0.6 is 11.6 Å². The fraction of sp³-hybridized carbons (Fsp3) is 0.600. The third-order valence-electron chi connectivity index (χ3n) is 4.78. The molecule has 18 heavy (non-hydrogen) atoms. The molecule has 0 amide bonds. The quantitative estimate of drug-likeness (QED) is 0.795. The second-order valence-electron chi connectivity index (χ2n) is 5.79. The molecule has 1 aromatic carbocycles. The van der Waals surface area contributed by atoms with Crippen LogP contribution in [0.15, 0.2) is 18.2 Å². The van der Waals surface area contributed by atoms with Gasteiger partial charge in [0.1, 0.15) is 5.82 Å².